The zero-order valence-corrected chi connectivity index (χ0v) is 11.4. The lowest BCUT2D eigenvalue weighted by Gasteiger charge is -2.66. The Balaban J connectivity index is 2.26. The van der Waals surface area contributed by atoms with Crippen LogP contribution in [0.5, 0.6) is 0 Å². The van der Waals surface area contributed by atoms with Crippen LogP contribution < -0.4 is 0 Å². The van der Waals surface area contributed by atoms with Gasteiger partial charge in [-0.1, -0.05) is 48.0 Å². The first kappa shape index (κ1) is 11.5. The van der Waals surface area contributed by atoms with Gasteiger partial charge < -0.3 is 0 Å². The lowest BCUT2D eigenvalue weighted by atomic mass is 9.39. The molecule has 0 aliphatic heterocycles. The van der Waals surface area contributed by atoms with Crippen LogP contribution in [0.2, 0.25) is 0 Å². The second-order valence-corrected chi connectivity index (χ2v) is 6.99. The van der Waals surface area contributed by atoms with E-state index in [1.54, 1.807) is 0 Å². The third-order valence-electron chi connectivity index (χ3n) is 6.93. The van der Waals surface area contributed by atoms with Crippen LogP contribution in [-0.4, -0.2) is 0 Å². The summed E-state index contributed by atoms with van der Waals surface area (Å²) in [5.41, 5.74) is 1.28. The molecule has 0 aromatic rings. The normalized spacial score (nSPS) is 59.6. The monoisotopic (exact) mass is 208 g/mol. The highest BCUT2D eigenvalue weighted by molar-refractivity contribution is 5.08. The summed E-state index contributed by atoms with van der Waals surface area (Å²) in [6.45, 7) is 14.9. The van der Waals surface area contributed by atoms with Crippen molar-refractivity contribution in [1.82, 2.24) is 0 Å². The third-order valence-corrected chi connectivity index (χ3v) is 6.93. The van der Waals surface area contributed by atoms with Gasteiger partial charge in [-0.2, -0.15) is 0 Å². The fourth-order valence-electron chi connectivity index (χ4n) is 4.66. The van der Waals surface area contributed by atoms with Gasteiger partial charge in [0.1, 0.15) is 0 Å². The van der Waals surface area contributed by atoms with E-state index in [-0.39, 0.29) is 0 Å². The molecule has 2 aliphatic rings. The van der Waals surface area contributed by atoms with Crippen LogP contribution in [0, 0.1) is 34.5 Å². The maximum atomic E-state index is 2.56. The summed E-state index contributed by atoms with van der Waals surface area (Å²) >= 11 is 0. The molecule has 2 rings (SSSR count). The van der Waals surface area contributed by atoms with Crippen molar-refractivity contribution in [1.29, 1.82) is 0 Å². The van der Waals surface area contributed by atoms with Crippen LogP contribution in [0.25, 0.3) is 0 Å². The van der Waals surface area contributed by atoms with Crippen molar-refractivity contribution in [3.63, 3.8) is 0 Å². The van der Waals surface area contributed by atoms with Gasteiger partial charge in [-0.25, -0.2) is 0 Å². The molecule has 0 spiro atoms. The van der Waals surface area contributed by atoms with Gasteiger partial charge in [0.25, 0.3) is 0 Å². The zero-order chi connectivity index (χ0) is 11.4. The molecule has 0 aromatic carbocycles. The zero-order valence-electron chi connectivity index (χ0n) is 11.4. The Morgan fingerprint density at radius 1 is 1.07 bits per heavy atom. The lowest BCUT2D eigenvalue weighted by molar-refractivity contribution is -0.171. The molecule has 2 aliphatic carbocycles. The summed E-state index contributed by atoms with van der Waals surface area (Å²) in [6.07, 6.45) is 4.33. The standard InChI is InChI=1S/C15H28/c1-7-14(5)9-13-8-10(2)15(13,6)12(4)11(14)3/h10-13H,7-9H2,1-6H3. The molecule has 0 aromatic heterocycles. The highest BCUT2D eigenvalue weighted by Gasteiger charge is 2.59. The Morgan fingerprint density at radius 3 is 2.13 bits per heavy atom. The predicted molar refractivity (Wildman–Crippen MR) is 66.7 cm³/mol. The molecule has 0 amide bonds. The van der Waals surface area contributed by atoms with Gasteiger partial charge in [0.2, 0.25) is 0 Å². The molecule has 0 heterocycles. The van der Waals surface area contributed by atoms with Crippen molar-refractivity contribution in [2.75, 3.05) is 0 Å². The fraction of sp³-hybridized carbons (Fsp3) is 1.00. The average molecular weight is 208 g/mol. The minimum Gasteiger partial charge on any atom is -0.0649 e. The largest absolute Gasteiger partial charge is 0.0649 e. The van der Waals surface area contributed by atoms with E-state index in [4.69, 9.17) is 0 Å². The molecule has 6 unspecified atom stereocenters. The Bertz CT molecular complexity index is 257. The van der Waals surface area contributed by atoms with Crippen LogP contribution in [0.1, 0.15) is 60.8 Å². The van der Waals surface area contributed by atoms with Crippen molar-refractivity contribution in [3.8, 4) is 0 Å². The van der Waals surface area contributed by atoms with Crippen LogP contribution in [0.3, 0.4) is 0 Å². The van der Waals surface area contributed by atoms with E-state index in [0.29, 0.717) is 10.8 Å². The Morgan fingerprint density at radius 2 is 1.67 bits per heavy atom. The van der Waals surface area contributed by atoms with Crippen molar-refractivity contribution in [2.24, 2.45) is 34.5 Å². The molecule has 6 atom stereocenters. The van der Waals surface area contributed by atoms with Gasteiger partial charge >= 0.3 is 0 Å². The molecule has 2 saturated carbocycles. The van der Waals surface area contributed by atoms with Crippen molar-refractivity contribution in [3.05, 3.63) is 0 Å². The molecule has 15 heavy (non-hydrogen) atoms. The van der Waals surface area contributed by atoms with E-state index in [9.17, 15) is 0 Å². The van der Waals surface area contributed by atoms with E-state index < -0.39 is 0 Å². The van der Waals surface area contributed by atoms with Crippen molar-refractivity contribution < 1.29 is 0 Å². The molecular weight excluding hydrogens is 180 g/mol. The third kappa shape index (κ3) is 1.26. The van der Waals surface area contributed by atoms with E-state index in [1.807, 2.05) is 0 Å². The summed E-state index contributed by atoms with van der Waals surface area (Å²) < 4.78 is 0. The first-order valence-corrected chi connectivity index (χ1v) is 6.86. The maximum Gasteiger partial charge on any atom is -0.0243 e. The van der Waals surface area contributed by atoms with Crippen LogP contribution in [0.4, 0.5) is 0 Å². The van der Waals surface area contributed by atoms with Gasteiger partial charge in [0.15, 0.2) is 0 Å². The van der Waals surface area contributed by atoms with E-state index in [2.05, 4.69) is 41.5 Å². The summed E-state index contributed by atoms with van der Waals surface area (Å²) in [5, 5.41) is 0. The second kappa shape index (κ2) is 3.25. The number of hydrogen-bond donors (Lipinski definition) is 0. The molecular formula is C15H28. The van der Waals surface area contributed by atoms with Crippen LogP contribution >= 0.6 is 0 Å². The lowest BCUT2D eigenvalue weighted by Crippen LogP contribution is -2.59. The van der Waals surface area contributed by atoms with Gasteiger partial charge in [-0.05, 0) is 47.3 Å². The van der Waals surface area contributed by atoms with Gasteiger partial charge in [0, 0.05) is 0 Å². The number of hydrogen-bond acceptors (Lipinski definition) is 0. The Kier molecular flexibility index (Phi) is 2.48. The first-order chi connectivity index (χ1) is 6.86. The Hall–Kier alpha value is 0. The maximum absolute atomic E-state index is 2.56. The van der Waals surface area contributed by atoms with E-state index in [0.717, 1.165) is 23.7 Å². The highest BCUT2D eigenvalue weighted by Crippen LogP contribution is 2.67. The molecule has 0 radical (unpaired) electrons. The molecule has 0 saturated heterocycles. The molecule has 0 nitrogen and oxygen atoms in total. The predicted octanol–water partition coefficient (Wildman–Crippen LogP) is 4.74. The minimum absolute atomic E-state index is 0.615. The van der Waals surface area contributed by atoms with Crippen LogP contribution in [0.15, 0.2) is 0 Å². The molecule has 0 heteroatoms. The molecule has 0 bridgehead atoms. The summed E-state index contributed by atoms with van der Waals surface area (Å²) in [7, 11) is 0. The topological polar surface area (TPSA) is 0 Å². The number of fused-ring (bicyclic) bond motifs is 1. The summed E-state index contributed by atoms with van der Waals surface area (Å²) in [5.74, 6) is 3.78. The highest BCUT2D eigenvalue weighted by atomic mass is 14.6. The number of rotatable bonds is 1. The summed E-state index contributed by atoms with van der Waals surface area (Å²) in [6, 6.07) is 0. The quantitative estimate of drug-likeness (QED) is 0.584. The SMILES string of the molecule is CCC1(C)CC2CC(C)C2(C)C(C)C1C. The van der Waals surface area contributed by atoms with E-state index in [1.165, 1.54) is 19.3 Å². The van der Waals surface area contributed by atoms with Crippen LogP contribution in [-0.2, 0) is 0 Å². The smallest absolute Gasteiger partial charge is 0.0243 e. The molecule has 88 valence electrons. The van der Waals surface area contributed by atoms with E-state index >= 15 is 0 Å². The minimum atomic E-state index is 0.615. The van der Waals surface area contributed by atoms with Gasteiger partial charge in [-0.3, -0.25) is 0 Å². The first-order valence-electron chi connectivity index (χ1n) is 6.86. The second-order valence-electron chi connectivity index (χ2n) is 6.99. The summed E-state index contributed by atoms with van der Waals surface area (Å²) in [4.78, 5) is 0. The van der Waals surface area contributed by atoms with Gasteiger partial charge in [0.05, 0.1) is 0 Å². The van der Waals surface area contributed by atoms with Crippen molar-refractivity contribution in [2.45, 2.75) is 60.8 Å². The fourth-order valence-corrected chi connectivity index (χ4v) is 4.66. The average Bonchev–Trinajstić information content (AvgIpc) is 2.23. The molecule has 2 fully saturated rings. The van der Waals surface area contributed by atoms with Crippen molar-refractivity contribution >= 4 is 0 Å². The van der Waals surface area contributed by atoms with Gasteiger partial charge in [-0.15, -0.1) is 0 Å². The molecule has 0 N–H and O–H groups in total. The Labute approximate surface area is 95.8 Å².